The van der Waals surface area contributed by atoms with Crippen LogP contribution in [0.3, 0.4) is 0 Å². The van der Waals surface area contributed by atoms with Crippen molar-refractivity contribution in [3.63, 3.8) is 0 Å². The molecule has 116 valence electrons. The van der Waals surface area contributed by atoms with Gasteiger partial charge in [0.25, 0.3) is 0 Å². The minimum atomic E-state index is 0.758. The molecule has 0 aliphatic carbocycles. The molecule has 0 unspecified atom stereocenters. The molecule has 3 rings (SSSR count). The molecule has 0 amide bonds. The number of methoxy groups -OCH3 is 1. The molecule has 0 aliphatic rings. The van der Waals surface area contributed by atoms with E-state index in [1.54, 1.807) is 18.4 Å². The first-order chi connectivity index (χ1) is 11.2. The lowest BCUT2D eigenvalue weighted by Crippen LogP contribution is -1.84. The number of hydrogen-bond donors (Lipinski definition) is 0. The number of hydrogen-bond acceptors (Lipinski definition) is 4. The van der Waals surface area contributed by atoms with Crippen molar-refractivity contribution in [2.45, 2.75) is 13.8 Å². The van der Waals surface area contributed by atoms with Gasteiger partial charge in [0.15, 0.2) is 0 Å². The number of ether oxygens (including phenoxy) is 1. The lowest BCUT2D eigenvalue weighted by atomic mass is 10.1. The Labute approximate surface area is 140 Å². The van der Waals surface area contributed by atoms with Gasteiger partial charge >= 0.3 is 0 Å². The maximum absolute atomic E-state index is 5.15. The van der Waals surface area contributed by atoms with Gasteiger partial charge < -0.3 is 4.74 Å². The van der Waals surface area contributed by atoms with E-state index >= 15 is 0 Å². The largest absolute Gasteiger partial charge is 0.497 e. The highest BCUT2D eigenvalue weighted by Crippen LogP contribution is 2.28. The zero-order chi connectivity index (χ0) is 16.2. The molecule has 2 aromatic carbocycles. The number of aromatic nitrogens is 1. The van der Waals surface area contributed by atoms with Crippen LogP contribution in [-0.4, -0.2) is 18.3 Å². The summed E-state index contributed by atoms with van der Waals surface area (Å²) in [6, 6.07) is 14.2. The SMILES string of the molecule is COc1ccc(/C=N/c2nc(-c3ccc(C)c(C)c3)cs2)cc1. The molecule has 0 saturated carbocycles. The number of aliphatic imine (C=N–C) groups is 1. The minimum Gasteiger partial charge on any atom is -0.497 e. The molecule has 0 radical (unpaired) electrons. The Balaban J connectivity index is 1.78. The van der Waals surface area contributed by atoms with Gasteiger partial charge in [-0.15, -0.1) is 11.3 Å². The molecule has 0 N–H and O–H groups in total. The number of aryl methyl sites for hydroxylation is 2. The Morgan fingerprint density at radius 3 is 2.52 bits per heavy atom. The second-order valence-corrected chi connectivity index (χ2v) is 6.18. The average Bonchev–Trinajstić information content (AvgIpc) is 3.05. The summed E-state index contributed by atoms with van der Waals surface area (Å²) in [5.74, 6) is 0.841. The molecular formula is C19H18N2OS. The van der Waals surface area contributed by atoms with Crippen LogP contribution < -0.4 is 4.74 Å². The molecule has 0 saturated heterocycles. The molecular weight excluding hydrogens is 304 g/mol. The molecule has 0 aliphatic heterocycles. The highest BCUT2D eigenvalue weighted by Gasteiger charge is 2.04. The monoisotopic (exact) mass is 322 g/mol. The second-order valence-electron chi connectivity index (χ2n) is 5.35. The Morgan fingerprint density at radius 2 is 1.83 bits per heavy atom. The second kappa shape index (κ2) is 6.75. The number of nitrogens with zero attached hydrogens (tertiary/aromatic N) is 2. The fraction of sp³-hybridized carbons (Fsp3) is 0.158. The van der Waals surface area contributed by atoms with Gasteiger partial charge in [0.05, 0.1) is 12.8 Å². The van der Waals surface area contributed by atoms with Crippen LogP contribution in [0.25, 0.3) is 11.3 Å². The first-order valence-corrected chi connectivity index (χ1v) is 8.25. The van der Waals surface area contributed by atoms with Gasteiger partial charge in [0, 0.05) is 17.2 Å². The first kappa shape index (κ1) is 15.4. The van der Waals surface area contributed by atoms with E-state index in [1.807, 2.05) is 35.9 Å². The Morgan fingerprint density at radius 1 is 1.04 bits per heavy atom. The number of thiazole rings is 1. The zero-order valence-corrected chi connectivity index (χ0v) is 14.2. The third-order valence-electron chi connectivity index (χ3n) is 3.73. The Hall–Kier alpha value is -2.46. The van der Waals surface area contributed by atoms with Crippen molar-refractivity contribution in [3.05, 3.63) is 64.5 Å². The molecule has 1 heterocycles. The van der Waals surface area contributed by atoms with Crippen LogP contribution in [0.5, 0.6) is 5.75 Å². The Bertz CT molecular complexity index is 835. The van der Waals surface area contributed by atoms with Gasteiger partial charge in [0.2, 0.25) is 5.13 Å². The highest BCUT2D eigenvalue weighted by molar-refractivity contribution is 7.13. The molecule has 0 spiro atoms. The van der Waals surface area contributed by atoms with Crippen molar-refractivity contribution in [2.24, 2.45) is 4.99 Å². The third kappa shape index (κ3) is 3.66. The van der Waals surface area contributed by atoms with Crippen LogP contribution in [0, 0.1) is 13.8 Å². The predicted octanol–water partition coefficient (Wildman–Crippen LogP) is 5.19. The topological polar surface area (TPSA) is 34.5 Å². The van der Waals surface area contributed by atoms with Gasteiger partial charge in [-0.2, -0.15) is 0 Å². The van der Waals surface area contributed by atoms with E-state index in [0.29, 0.717) is 0 Å². The van der Waals surface area contributed by atoms with Crippen LogP contribution in [0.4, 0.5) is 5.13 Å². The average molecular weight is 322 g/mol. The predicted molar refractivity (Wildman–Crippen MR) is 97.3 cm³/mol. The zero-order valence-electron chi connectivity index (χ0n) is 13.4. The minimum absolute atomic E-state index is 0.758. The summed E-state index contributed by atoms with van der Waals surface area (Å²) >= 11 is 1.55. The molecule has 4 heteroatoms. The summed E-state index contributed by atoms with van der Waals surface area (Å²) in [5, 5.41) is 2.80. The normalized spacial score (nSPS) is 11.1. The molecule has 1 aromatic heterocycles. The van der Waals surface area contributed by atoms with E-state index in [1.165, 1.54) is 11.1 Å². The first-order valence-electron chi connectivity index (χ1n) is 7.37. The van der Waals surface area contributed by atoms with Crippen molar-refractivity contribution >= 4 is 22.7 Å². The molecule has 3 nitrogen and oxygen atoms in total. The van der Waals surface area contributed by atoms with Crippen LogP contribution in [0.1, 0.15) is 16.7 Å². The maximum Gasteiger partial charge on any atom is 0.209 e. The summed E-state index contributed by atoms with van der Waals surface area (Å²) in [5.41, 5.74) is 5.70. The van der Waals surface area contributed by atoms with Crippen molar-refractivity contribution in [1.29, 1.82) is 0 Å². The van der Waals surface area contributed by atoms with Gasteiger partial charge in [-0.25, -0.2) is 9.98 Å². The quantitative estimate of drug-likeness (QED) is 0.620. The van der Waals surface area contributed by atoms with E-state index < -0.39 is 0 Å². The maximum atomic E-state index is 5.15. The van der Waals surface area contributed by atoms with Crippen molar-refractivity contribution in [1.82, 2.24) is 4.98 Å². The molecule has 0 bridgehead atoms. The van der Waals surface area contributed by atoms with Crippen molar-refractivity contribution in [2.75, 3.05) is 7.11 Å². The Kier molecular flexibility index (Phi) is 4.53. The summed E-state index contributed by atoms with van der Waals surface area (Å²) < 4.78 is 5.15. The fourth-order valence-electron chi connectivity index (χ4n) is 2.18. The molecule has 0 fully saturated rings. The fourth-order valence-corrected chi connectivity index (χ4v) is 2.85. The molecule has 0 atom stereocenters. The van der Waals surface area contributed by atoms with Crippen LogP contribution >= 0.6 is 11.3 Å². The standard InChI is InChI=1S/C19H18N2OS/c1-13-4-7-16(10-14(13)2)18-12-23-19(21-18)20-11-15-5-8-17(22-3)9-6-15/h4-12H,1-3H3/b20-11+. The van der Waals surface area contributed by atoms with Crippen molar-refractivity contribution in [3.8, 4) is 17.0 Å². The highest BCUT2D eigenvalue weighted by atomic mass is 32.1. The summed E-state index contributed by atoms with van der Waals surface area (Å²) in [4.78, 5) is 9.06. The summed E-state index contributed by atoms with van der Waals surface area (Å²) in [6.45, 7) is 4.23. The van der Waals surface area contributed by atoms with Gasteiger partial charge in [0.1, 0.15) is 5.75 Å². The van der Waals surface area contributed by atoms with E-state index in [4.69, 9.17) is 4.74 Å². The van der Waals surface area contributed by atoms with E-state index in [-0.39, 0.29) is 0 Å². The van der Waals surface area contributed by atoms with Gasteiger partial charge in [-0.3, -0.25) is 0 Å². The molecule has 3 aromatic rings. The van der Waals surface area contributed by atoms with Crippen LogP contribution in [-0.2, 0) is 0 Å². The number of benzene rings is 2. The van der Waals surface area contributed by atoms with Crippen LogP contribution in [0.15, 0.2) is 52.8 Å². The lowest BCUT2D eigenvalue weighted by Gasteiger charge is -2.02. The van der Waals surface area contributed by atoms with Gasteiger partial charge in [-0.05, 0) is 60.9 Å². The smallest absolute Gasteiger partial charge is 0.209 e. The van der Waals surface area contributed by atoms with Crippen LogP contribution in [0.2, 0.25) is 0 Å². The lowest BCUT2D eigenvalue weighted by molar-refractivity contribution is 0.415. The van der Waals surface area contributed by atoms with E-state index in [0.717, 1.165) is 27.7 Å². The van der Waals surface area contributed by atoms with Crippen molar-refractivity contribution < 1.29 is 4.74 Å². The van der Waals surface area contributed by atoms with E-state index in [9.17, 15) is 0 Å². The van der Waals surface area contributed by atoms with Gasteiger partial charge in [-0.1, -0.05) is 12.1 Å². The van der Waals surface area contributed by atoms with E-state index in [2.05, 4.69) is 42.0 Å². The summed E-state index contributed by atoms with van der Waals surface area (Å²) in [6.07, 6.45) is 1.82. The third-order valence-corrected chi connectivity index (χ3v) is 4.48. The molecule has 23 heavy (non-hydrogen) atoms. The summed E-state index contributed by atoms with van der Waals surface area (Å²) in [7, 11) is 1.66. The number of rotatable bonds is 4.